The van der Waals surface area contributed by atoms with Crippen LogP contribution >= 0.6 is 0 Å². The van der Waals surface area contributed by atoms with E-state index in [9.17, 15) is 4.79 Å². The van der Waals surface area contributed by atoms with Crippen molar-refractivity contribution in [1.29, 1.82) is 0 Å². The number of aryl methyl sites for hydroxylation is 2. The number of hydrogen-bond acceptors (Lipinski definition) is 2. The molecule has 6 rings (SSSR count). The Morgan fingerprint density at radius 3 is 2.69 bits per heavy atom. The van der Waals surface area contributed by atoms with Crippen LogP contribution in [0.1, 0.15) is 57.5 Å². The van der Waals surface area contributed by atoms with E-state index >= 15 is 4.39 Å². The summed E-state index contributed by atoms with van der Waals surface area (Å²) in [6.07, 6.45) is 4.70. The van der Waals surface area contributed by atoms with Crippen molar-refractivity contribution < 1.29 is 9.18 Å². The van der Waals surface area contributed by atoms with Gasteiger partial charge >= 0.3 is 0 Å². The highest BCUT2D eigenvalue weighted by molar-refractivity contribution is 5.96. The Kier molecular flexibility index (Phi) is 4.42. The molecule has 32 heavy (non-hydrogen) atoms. The second-order valence-electron chi connectivity index (χ2n) is 8.84. The first-order valence-electron chi connectivity index (χ1n) is 11.3. The number of aromatic nitrogens is 3. The molecular formula is C26H25FN4O. The number of amides is 1. The van der Waals surface area contributed by atoms with Gasteiger partial charge in [0.1, 0.15) is 17.6 Å². The van der Waals surface area contributed by atoms with Crippen molar-refractivity contribution in [1.82, 2.24) is 19.7 Å². The van der Waals surface area contributed by atoms with Crippen molar-refractivity contribution in [3.63, 3.8) is 0 Å². The molecule has 0 spiro atoms. The van der Waals surface area contributed by atoms with Crippen molar-refractivity contribution in [3.05, 3.63) is 88.1 Å². The summed E-state index contributed by atoms with van der Waals surface area (Å²) in [6.45, 7) is 0.534. The van der Waals surface area contributed by atoms with Crippen molar-refractivity contribution in [2.24, 2.45) is 7.05 Å². The van der Waals surface area contributed by atoms with Gasteiger partial charge in [-0.05, 0) is 49.8 Å². The zero-order valence-electron chi connectivity index (χ0n) is 18.1. The minimum absolute atomic E-state index is 0.0688. The van der Waals surface area contributed by atoms with E-state index < -0.39 is 6.04 Å². The lowest BCUT2D eigenvalue weighted by Crippen LogP contribution is -2.42. The van der Waals surface area contributed by atoms with E-state index in [1.165, 1.54) is 11.6 Å². The Morgan fingerprint density at radius 2 is 1.81 bits per heavy atom. The van der Waals surface area contributed by atoms with Gasteiger partial charge in [-0.25, -0.2) is 4.39 Å². The van der Waals surface area contributed by atoms with E-state index in [-0.39, 0.29) is 11.7 Å². The molecule has 162 valence electrons. The standard InChI is InChI=1S/C26H25FN4O/c1-30-25(19-10-4-7-13-22(19)29-30)26(32)31-15-14-17-16-8-3-6-12-21(16)28-23(17)24(31)18-9-2-5-11-20(18)27/h2-3,5-6,8-9,11-12,24,28H,4,7,10,13-15H2,1H3. The SMILES string of the molecule is Cn1nc2c(c1C(=O)N1CCc3c([nH]c4ccccc34)C1c1ccccc1F)CCCC2. The average molecular weight is 429 g/mol. The van der Waals surface area contributed by atoms with E-state index in [1.807, 2.05) is 36.2 Å². The summed E-state index contributed by atoms with van der Waals surface area (Å²) in [5.74, 6) is -0.366. The third-order valence-electron chi connectivity index (χ3n) is 7.02. The lowest BCUT2D eigenvalue weighted by atomic mass is 9.90. The number of nitrogens with zero attached hydrogens (tertiary/aromatic N) is 3. The second-order valence-corrected chi connectivity index (χ2v) is 8.84. The minimum atomic E-state index is -0.506. The number of rotatable bonds is 2. The third kappa shape index (κ3) is 2.82. The molecule has 2 aliphatic rings. The molecule has 0 fully saturated rings. The molecule has 0 saturated carbocycles. The fourth-order valence-corrected chi connectivity index (χ4v) is 5.56. The van der Waals surface area contributed by atoms with Gasteiger partial charge in [-0.3, -0.25) is 9.48 Å². The van der Waals surface area contributed by atoms with E-state index in [0.717, 1.165) is 60.0 Å². The Balaban J connectivity index is 1.52. The van der Waals surface area contributed by atoms with Crippen LogP contribution in [-0.2, 0) is 26.3 Å². The van der Waals surface area contributed by atoms with Crippen LogP contribution in [-0.4, -0.2) is 32.1 Å². The topological polar surface area (TPSA) is 53.9 Å². The number of H-pyrrole nitrogens is 1. The molecule has 1 aliphatic carbocycles. The maximum atomic E-state index is 15.1. The highest BCUT2D eigenvalue weighted by atomic mass is 19.1. The van der Waals surface area contributed by atoms with E-state index in [0.29, 0.717) is 17.8 Å². The Bertz CT molecular complexity index is 1350. The fraction of sp³-hybridized carbons (Fsp3) is 0.308. The molecule has 1 N–H and O–H groups in total. The molecule has 1 unspecified atom stereocenters. The first-order chi connectivity index (χ1) is 15.6. The van der Waals surface area contributed by atoms with Gasteiger partial charge in [0.05, 0.1) is 5.69 Å². The third-order valence-corrected chi connectivity index (χ3v) is 7.02. The predicted molar refractivity (Wildman–Crippen MR) is 121 cm³/mol. The largest absolute Gasteiger partial charge is 0.356 e. The second kappa shape index (κ2) is 7.33. The van der Waals surface area contributed by atoms with Gasteiger partial charge in [-0.2, -0.15) is 5.10 Å². The minimum Gasteiger partial charge on any atom is -0.356 e. The van der Waals surface area contributed by atoms with E-state index in [1.54, 1.807) is 16.8 Å². The molecular weight excluding hydrogens is 403 g/mol. The van der Waals surface area contributed by atoms with Crippen LogP contribution in [0.15, 0.2) is 48.5 Å². The highest BCUT2D eigenvalue weighted by Crippen LogP contribution is 2.40. The number of nitrogens with one attached hydrogen (secondary N) is 1. The van der Waals surface area contributed by atoms with Gasteiger partial charge in [-0.15, -0.1) is 0 Å². The molecule has 4 aromatic rings. The van der Waals surface area contributed by atoms with E-state index in [4.69, 9.17) is 0 Å². The molecule has 2 aromatic carbocycles. The van der Waals surface area contributed by atoms with Gasteiger partial charge in [0, 0.05) is 41.3 Å². The van der Waals surface area contributed by atoms with Crippen molar-refractivity contribution >= 4 is 16.8 Å². The number of carbonyl (C=O) groups excluding carboxylic acids is 1. The number of hydrogen-bond donors (Lipinski definition) is 1. The fourth-order valence-electron chi connectivity index (χ4n) is 5.56. The summed E-state index contributed by atoms with van der Waals surface area (Å²) in [5.41, 5.74) is 6.37. The lowest BCUT2D eigenvalue weighted by Gasteiger charge is -2.36. The highest BCUT2D eigenvalue weighted by Gasteiger charge is 2.38. The van der Waals surface area contributed by atoms with Crippen molar-refractivity contribution in [2.75, 3.05) is 6.54 Å². The van der Waals surface area contributed by atoms with Crippen LogP contribution in [0.4, 0.5) is 4.39 Å². The number of benzene rings is 2. The average Bonchev–Trinajstić information content (AvgIpc) is 3.35. The number of fused-ring (bicyclic) bond motifs is 4. The quantitative estimate of drug-likeness (QED) is 0.503. The molecule has 0 radical (unpaired) electrons. The zero-order chi connectivity index (χ0) is 21.8. The molecule has 5 nitrogen and oxygen atoms in total. The summed E-state index contributed by atoms with van der Waals surface area (Å²) in [4.78, 5) is 19.4. The molecule has 0 bridgehead atoms. The van der Waals surface area contributed by atoms with Gasteiger partial charge in [0.15, 0.2) is 0 Å². The zero-order valence-corrected chi connectivity index (χ0v) is 18.1. The summed E-state index contributed by atoms with van der Waals surface area (Å²) >= 11 is 0. The summed E-state index contributed by atoms with van der Waals surface area (Å²) in [5, 5.41) is 5.80. The maximum absolute atomic E-state index is 15.1. The van der Waals surface area contributed by atoms with Crippen LogP contribution in [0, 0.1) is 5.82 Å². The molecule has 1 amide bonds. The molecule has 3 heterocycles. The van der Waals surface area contributed by atoms with Crippen LogP contribution in [0.3, 0.4) is 0 Å². The molecule has 6 heteroatoms. The van der Waals surface area contributed by atoms with Gasteiger partial charge in [0.25, 0.3) is 5.91 Å². The van der Waals surface area contributed by atoms with Gasteiger partial charge in [-0.1, -0.05) is 36.4 Å². The monoisotopic (exact) mass is 428 g/mol. The molecule has 1 atom stereocenters. The molecule has 2 aromatic heterocycles. The molecule has 0 saturated heterocycles. The van der Waals surface area contributed by atoms with Gasteiger partial charge in [0.2, 0.25) is 0 Å². The first-order valence-corrected chi connectivity index (χ1v) is 11.3. The Labute approximate surface area is 185 Å². The smallest absolute Gasteiger partial charge is 0.273 e. The maximum Gasteiger partial charge on any atom is 0.273 e. The summed E-state index contributed by atoms with van der Waals surface area (Å²) < 4.78 is 16.8. The van der Waals surface area contributed by atoms with Crippen LogP contribution in [0.2, 0.25) is 0 Å². The van der Waals surface area contributed by atoms with E-state index in [2.05, 4.69) is 16.1 Å². The van der Waals surface area contributed by atoms with Crippen molar-refractivity contribution in [3.8, 4) is 0 Å². The number of carbonyl (C=O) groups is 1. The predicted octanol–water partition coefficient (Wildman–Crippen LogP) is 4.71. The summed E-state index contributed by atoms with van der Waals surface area (Å²) in [7, 11) is 1.85. The van der Waals surface area contributed by atoms with Crippen molar-refractivity contribution in [2.45, 2.75) is 38.1 Å². The van der Waals surface area contributed by atoms with Gasteiger partial charge < -0.3 is 9.88 Å². The Morgan fingerprint density at radius 1 is 1.03 bits per heavy atom. The van der Waals surface area contributed by atoms with Crippen LogP contribution < -0.4 is 0 Å². The molecule has 1 aliphatic heterocycles. The number of para-hydroxylation sites is 1. The summed E-state index contributed by atoms with van der Waals surface area (Å²) in [6, 6.07) is 14.4. The normalized spacial score (nSPS) is 17.9. The Hall–Kier alpha value is -3.41. The van der Waals surface area contributed by atoms with Crippen LogP contribution in [0.5, 0.6) is 0 Å². The first kappa shape index (κ1) is 19.3. The number of aromatic amines is 1. The van der Waals surface area contributed by atoms with Crippen LogP contribution in [0.25, 0.3) is 10.9 Å². The number of halogens is 1. The lowest BCUT2D eigenvalue weighted by molar-refractivity contribution is 0.0676.